The zero-order chi connectivity index (χ0) is 21.7. The average Bonchev–Trinajstić information content (AvgIpc) is 2.73. The SMILES string of the molecule is CC(C)CNC(=O)Nc1ccc(S(=O)(=O)N2CCN(c3ccc(F)cc3)CC2)cc1. The lowest BCUT2D eigenvalue weighted by Crippen LogP contribution is -2.48. The molecule has 162 valence electrons. The minimum absolute atomic E-state index is 0.186. The topological polar surface area (TPSA) is 81.8 Å². The molecule has 30 heavy (non-hydrogen) atoms. The molecule has 1 heterocycles. The summed E-state index contributed by atoms with van der Waals surface area (Å²) < 4.78 is 40.4. The second-order valence-corrected chi connectivity index (χ2v) is 9.56. The number of nitrogens with zero attached hydrogens (tertiary/aromatic N) is 2. The molecule has 0 saturated carbocycles. The van der Waals surface area contributed by atoms with Crippen LogP contribution in [0.25, 0.3) is 0 Å². The largest absolute Gasteiger partial charge is 0.369 e. The van der Waals surface area contributed by atoms with Gasteiger partial charge >= 0.3 is 6.03 Å². The summed E-state index contributed by atoms with van der Waals surface area (Å²) in [5, 5.41) is 5.44. The van der Waals surface area contributed by atoms with E-state index in [0.717, 1.165) is 5.69 Å². The molecule has 7 nitrogen and oxygen atoms in total. The second-order valence-electron chi connectivity index (χ2n) is 7.62. The number of carbonyl (C=O) groups excluding carboxylic acids is 1. The van der Waals surface area contributed by atoms with Crippen LogP contribution in [0.2, 0.25) is 0 Å². The third kappa shape index (κ3) is 5.48. The van der Waals surface area contributed by atoms with Crippen LogP contribution < -0.4 is 15.5 Å². The van der Waals surface area contributed by atoms with E-state index >= 15 is 0 Å². The van der Waals surface area contributed by atoms with E-state index in [-0.39, 0.29) is 16.7 Å². The monoisotopic (exact) mass is 434 g/mol. The highest BCUT2D eigenvalue weighted by Gasteiger charge is 2.28. The van der Waals surface area contributed by atoms with Gasteiger partial charge in [-0.1, -0.05) is 13.8 Å². The molecule has 0 aliphatic carbocycles. The normalized spacial score (nSPS) is 15.3. The first kappa shape index (κ1) is 22.0. The van der Waals surface area contributed by atoms with Crippen LogP contribution in [0.3, 0.4) is 0 Å². The van der Waals surface area contributed by atoms with E-state index in [1.807, 2.05) is 18.7 Å². The first-order chi connectivity index (χ1) is 14.3. The van der Waals surface area contributed by atoms with E-state index in [1.54, 1.807) is 24.3 Å². The van der Waals surface area contributed by atoms with Gasteiger partial charge in [-0.2, -0.15) is 4.31 Å². The Kier molecular flexibility index (Phi) is 6.94. The number of sulfonamides is 1. The van der Waals surface area contributed by atoms with Gasteiger partial charge in [0.05, 0.1) is 4.90 Å². The van der Waals surface area contributed by atoms with Crippen LogP contribution in [0, 0.1) is 11.7 Å². The van der Waals surface area contributed by atoms with E-state index in [9.17, 15) is 17.6 Å². The van der Waals surface area contributed by atoms with Crippen molar-refractivity contribution in [1.29, 1.82) is 0 Å². The summed E-state index contributed by atoms with van der Waals surface area (Å²) >= 11 is 0. The summed E-state index contributed by atoms with van der Waals surface area (Å²) in [5.74, 6) is 0.0436. The average molecular weight is 435 g/mol. The third-order valence-electron chi connectivity index (χ3n) is 4.85. The number of urea groups is 1. The van der Waals surface area contributed by atoms with E-state index in [2.05, 4.69) is 10.6 Å². The van der Waals surface area contributed by atoms with Gasteiger partial charge in [-0.3, -0.25) is 0 Å². The molecule has 0 unspecified atom stereocenters. The summed E-state index contributed by atoms with van der Waals surface area (Å²) in [5.41, 5.74) is 1.40. The fraction of sp³-hybridized carbons (Fsp3) is 0.381. The Morgan fingerprint density at radius 2 is 1.60 bits per heavy atom. The van der Waals surface area contributed by atoms with Crippen molar-refractivity contribution in [3.63, 3.8) is 0 Å². The Hall–Kier alpha value is -2.65. The lowest BCUT2D eigenvalue weighted by atomic mass is 10.2. The van der Waals surface area contributed by atoms with Crippen molar-refractivity contribution in [2.75, 3.05) is 42.9 Å². The van der Waals surface area contributed by atoms with Crippen LogP contribution in [0.4, 0.5) is 20.6 Å². The fourth-order valence-corrected chi connectivity index (χ4v) is 4.59. The van der Waals surface area contributed by atoms with Gasteiger partial charge in [0.15, 0.2) is 0 Å². The van der Waals surface area contributed by atoms with Crippen LogP contribution in [0.1, 0.15) is 13.8 Å². The Morgan fingerprint density at radius 1 is 1.00 bits per heavy atom. The minimum atomic E-state index is -3.62. The van der Waals surface area contributed by atoms with Gasteiger partial charge in [0.25, 0.3) is 0 Å². The molecule has 0 bridgehead atoms. The van der Waals surface area contributed by atoms with Gasteiger partial charge in [0, 0.05) is 44.1 Å². The predicted molar refractivity (Wildman–Crippen MR) is 116 cm³/mol. The molecule has 3 rings (SSSR count). The van der Waals surface area contributed by atoms with Gasteiger partial charge in [-0.25, -0.2) is 17.6 Å². The number of hydrogen-bond acceptors (Lipinski definition) is 4. The fourth-order valence-electron chi connectivity index (χ4n) is 3.17. The summed E-state index contributed by atoms with van der Waals surface area (Å²) in [7, 11) is -3.62. The molecule has 2 aromatic rings. The zero-order valence-electron chi connectivity index (χ0n) is 17.1. The Balaban J connectivity index is 1.59. The second kappa shape index (κ2) is 9.44. The van der Waals surface area contributed by atoms with Crippen molar-refractivity contribution in [3.05, 3.63) is 54.3 Å². The van der Waals surface area contributed by atoms with Gasteiger partial charge < -0.3 is 15.5 Å². The molecule has 0 spiro atoms. The summed E-state index contributed by atoms with van der Waals surface area (Å²) in [4.78, 5) is 14.1. The molecule has 1 fully saturated rings. The maximum Gasteiger partial charge on any atom is 0.319 e. The first-order valence-electron chi connectivity index (χ1n) is 9.91. The molecule has 1 saturated heterocycles. The van der Waals surface area contributed by atoms with Crippen molar-refractivity contribution in [2.45, 2.75) is 18.7 Å². The molecular formula is C21H27FN4O3S. The molecule has 0 radical (unpaired) electrons. The molecule has 2 N–H and O–H groups in total. The van der Waals surface area contributed by atoms with Crippen LogP contribution >= 0.6 is 0 Å². The van der Waals surface area contributed by atoms with Crippen molar-refractivity contribution in [1.82, 2.24) is 9.62 Å². The van der Waals surface area contributed by atoms with Crippen LogP contribution in [-0.2, 0) is 10.0 Å². The number of piperazine rings is 1. The quantitative estimate of drug-likeness (QED) is 0.732. The summed E-state index contributed by atoms with van der Waals surface area (Å²) in [6, 6.07) is 12.0. The van der Waals surface area contributed by atoms with E-state index in [1.165, 1.54) is 28.6 Å². The molecule has 1 aliphatic rings. The van der Waals surface area contributed by atoms with Crippen LogP contribution in [0.5, 0.6) is 0 Å². The number of rotatable bonds is 6. The number of anilines is 2. The summed E-state index contributed by atoms with van der Waals surface area (Å²) in [6.07, 6.45) is 0. The van der Waals surface area contributed by atoms with Gasteiger partial charge in [0.1, 0.15) is 5.82 Å². The van der Waals surface area contributed by atoms with Crippen molar-refractivity contribution in [2.24, 2.45) is 5.92 Å². The Morgan fingerprint density at radius 3 is 2.17 bits per heavy atom. The zero-order valence-corrected chi connectivity index (χ0v) is 18.0. The predicted octanol–water partition coefficient (Wildman–Crippen LogP) is 3.11. The number of amides is 2. The van der Waals surface area contributed by atoms with Crippen molar-refractivity contribution in [3.8, 4) is 0 Å². The van der Waals surface area contributed by atoms with Crippen molar-refractivity contribution >= 4 is 27.4 Å². The maximum absolute atomic E-state index is 13.1. The van der Waals surface area contributed by atoms with Gasteiger partial charge in [-0.15, -0.1) is 0 Å². The standard InChI is InChI=1S/C21H27FN4O3S/c1-16(2)15-23-21(27)24-18-5-9-20(10-6-18)30(28,29)26-13-11-25(12-14-26)19-7-3-17(22)4-8-19/h3-10,16H,11-15H2,1-2H3,(H2,23,24,27). The van der Waals surface area contributed by atoms with E-state index in [0.29, 0.717) is 44.3 Å². The number of carbonyl (C=O) groups is 1. The highest BCUT2D eigenvalue weighted by Crippen LogP contribution is 2.22. The highest BCUT2D eigenvalue weighted by molar-refractivity contribution is 7.89. The third-order valence-corrected chi connectivity index (χ3v) is 6.76. The molecule has 0 aromatic heterocycles. The number of halogens is 1. The van der Waals surface area contributed by atoms with Gasteiger partial charge in [0.2, 0.25) is 10.0 Å². The lowest BCUT2D eigenvalue weighted by Gasteiger charge is -2.35. The highest BCUT2D eigenvalue weighted by atomic mass is 32.2. The number of nitrogens with one attached hydrogen (secondary N) is 2. The first-order valence-corrected chi connectivity index (χ1v) is 11.4. The smallest absolute Gasteiger partial charge is 0.319 e. The molecule has 2 amide bonds. The molecule has 9 heteroatoms. The van der Waals surface area contributed by atoms with Crippen LogP contribution in [-0.4, -0.2) is 51.5 Å². The van der Waals surface area contributed by atoms with Gasteiger partial charge in [-0.05, 0) is 54.4 Å². The van der Waals surface area contributed by atoms with Crippen molar-refractivity contribution < 1.29 is 17.6 Å². The minimum Gasteiger partial charge on any atom is -0.369 e. The number of benzene rings is 2. The van der Waals surface area contributed by atoms with E-state index in [4.69, 9.17) is 0 Å². The Bertz CT molecular complexity index is 955. The van der Waals surface area contributed by atoms with E-state index < -0.39 is 10.0 Å². The molecular weight excluding hydrogens is 407 g/mol. The summed E-state index contributed by atoms with van der Waals surface area (Å²) in [6.45, 7) is 6.30. The van der Waals surface area contributed by atoms with Crippen LogP contribution in [0.15, 0.2) is 53.4 Å². The lowest BCUT2D eigenvalue weighted by molar-refractivity contribution is 0.251. The molecule has 1 aliphatic heterocycles. The maximum atomic E-state index is 13.1. The molecule has 2 aromatic carbocycles. The molecule has 0 atom stereocenters. The number of hydrogen-bond donors (Lipinski definition) is 2. The Labute approximate surface area is 176 Å².